The molecule has 1 N–H and O–H groups in total. The molecule has 0 radical (unpaired) electrons. The summed E-state index contributed by atoms with van der Waals surface area (Å²) in [5.74, 6) is 0.0909. The second-order valence-corrected chi connectivity index (χ2v) is 7.90. The van der Waals surface area contributed by atoms with Crippen LogP contribution in [0.15, 0.2) is 78.5 Å². The fourth-order valence-electron chi connectivity index (χ4n) is 3.77. The Labute approximate surface area is 188 Å². The zero-order valence-electron chi connectivity index (χ0n) is 18.5. The van der Waals surface area contributed by atoms with Crippen molar-refractivity contribution < 1.29 is 14.3 Å². The van der Waals surface area contributed by atoms with Crippen LogP contribution in [-0.4, -0.2) is 30.4 Å². The quantitative estimate of drug-likeness (QED) is 0.554. The minimum atomic E-state index is -0.310. The van der Waals surface area contributed by atoms with Gasteiger partial charge in [0.1, 0.15) is 11.4 Å². The Morgan fingerprint density at radius 2 is 1.56 bits per heavy atom. The molecule has 0 aromatic heterocycles. The maximum atomic E-state index is 13.4. The first-order valence-corrected chi connectivity index (χ1v) is 10.6. The van der Waals surface area contributed by atoms with Crippen molar-refractivity contribution in [1.29, 1.82) is 0 Å². The monoisotopic (exact) mass is 426 g/mol. The Kier molecular flexibility index (Phi) is 6.08. The molecule has 0 saturated carbocycles. The van der Waals surface area contributed by atoms with Crippen LogP contribution in [-0.2, 0) is 16.0 Å². The van der Waals surface area contributed by atoms with Gasteiger partial charge in [0.15, 0.2) is 0 Å². The van der Waals surface area contributed by atoms with Gasteiger partial charge >= 0.3 is 0 Å². The van der Waals surface area contributed by atoms with Gasteiger partial charge in [0.25, 0.3) is 11.8 Å². The third kappa shape index (κ3) is 4.28. The molecule has 3 aromatic carbocycles. The molecule has 1 aliphatic heterocycles. The largest absolute Gasteiger partial charge is 0.497 e. The molecule has 0 atom stereocenters. The Morgan fingerprint density at radius 1 is 0.844 bits per heavy atom. The van der Waals surface area contributed by atoms with Gasteiger partial charge in [-0.15, -0.1) is 0 Å². The summed E-state index contributed by atoms with van der Waals surface area (Å²) in [7, 11) is 1.59. The van der Waals surface area contributed by atoms with Gasteiger partial charge in [0, 0.05) is 12.2 Å². The number of ether oxygens (including phenoxy) is 1. The highest BCUT2D eigenvalue weighted by atomic mass is 16.5. The first-order chi connectivity index (χ1) is 15.5. The minimum Gasteiger partial charge on any atom is -0.497 e. The molecule has 3 aromatic rings. The lowest BCUT2D eigenvalue weighted by Crippen LogP contribution is -2.34. The smallest absolute Gasteiger partial charge is 0.278 e. The predicted molar refractivity (Wildman–Crippen MR) is 126 cm³/mol. The number of aryl methyl sites for hydroxylation is 2. The summed E-state index contributed by atoms with van der Waals surface area (Å²) in [6.45, 7) is 4.38. The lowest BCUT2D eigenvalue weighted by Gasteiger charge is -2.15. The van der Waals surface area contributed by atoms with Gasteiger partial charge in [-0.2, -0.15) is 0 Å². The second-order valence-electron chi connectivity index (χ2n) is 7.90. The lowest BCUT2D eigenvalue weighted by molar-refractivity contribution is -0.136. The number of rotatable bonds is 7. The van der Waals surface area contributed by atoms with Crippen LogP contribution < -0.4 is 10.1 Å². The van der Waals surface area contributed by atoms with E-state index in [0.717, 1.165) is 16.8 Å². The molecule has 32 heavy (non-hydrogen) atoms. The van der Waals surface area contributed by atoms with Gasteiger partial charge in [0.2, 0.25) is 0 Å². The van der Waals surface area contributed by atoms with Gasteiger partial charge < -0.3 is 10.1 Å². The fraction of sp³-hybridized carbons (Fsp3) is 0.185. The predicted octanol–water partition coefficient (Wildman–Crippen LogP) is 4.75. The zero-order valence-corrected chi connectivity index (χ0v) is 18.5. The maximum absolute atomic E-state index is 13.4. The number of carbonyl (C=O) groups is 2. The SMILES string of the molecule is COc1ccc(C2=C(Nc3ccc(C)c(C)c3)C(=O)N(CCc3ccccc3)C2=O)cc1. The van der Waals surface area contributed by atoms with Crippen LogP contribution in [0.3, 0.4) is 0 Å². The maximum Gasteiger partial charge on any atom is 0.278 e. The molecule has 0 saturated heterocycles. The highest BCUT2D eigenvalue weighted by molar-refractivity contribution is 6.36. The molecule has 1 aliphatic rings. The number of amides is 2. The number of methoxy groups -OCH3 is 1. The lowest BCUT2D eigenvalue weighted by atomic mass is 10.0. The Balaban J connectivity index is 1.68. The summed E-state index contributed by atoms with van der Waals surface area (Å²) in [6, 6.07) is 23.0. The van der Waals surface area contributed by atoms with Gasteiger partial charge in [-0.05, 0) is 66.8 Å². The van der Waals surface area contributed by atoms with Crippen molar-refractivity contribution in [2.24, 2.45) is 0 Å². The van der Waals surface area contributed by atoms with Crippen LogP contribution in [0.4, 0.5) is 5.69 Å². The van der Waals surface area contributed by atoms with E-state index in [-0.39, 0.29) is 11.8 Å². The number of anilines is 1. The first-order valence-electron chi connectivity index (χ1n) is 10.6. The molecule has 0 aliphatic carbocycles. The Bertz CT molecular complexity index is 1180. The Morgan fingerprint density at radius 3 is 2.22 bits per heavy atom. The van der Waals surface area contributed by atoms with E-state index >= 15 is 0 Å². The van der Waals surface area contributed by atoms with Gasteiger partial charge in [0.05, 0.1) is 12.7 Å². The van der Waals surface area contributed by atoms with E-state index < -0.39 is 0 Å². The number of nitrogens with one attached hydrogen (secondary N) is 1. The van der Waals surface area contributed by atoms with E-state index in [1.54, 1.807) is 19.2 Å². The van der Waals surface area contributed by atoms with Crippen LogP contribution in [0.5, 0.6) is 5.75 Å². The summed E-state index contributed by atoms with van der Waals surface area (Å²) in [5, 5.41) is 3.23. The van der Waals surface area contributed by atoms with Crippen LogP contribution in [0.25, 0.3) is 5.57 Å². The summed E-state index contributed by atoms with van der Waals surface area (Å²) < 4.78 is 5.24. The molecule has 2 amide bonds. The number of benzene rings is 3. The van der Waals surface area contributed by atoms with E-state index in [9.17, 15) is 9.59 Å². The highest BCUT2D eigenvalue weighted by Crippen LogP contribution is 2.32. The molecule has 0 spiro atoms. The number of hydrogen-bond acceptors (Lipinski definition) is 4. The molecular weight excluding hydrogens is 400 g/mol. The van der Waals surface area contributed by atoms with Crippen LogP contribution >= 0.6 is 0 Å². The molecule has 0 fully saturated rings. The van der Waals surface area contributed by atoms with E-state index in [4.69, 9.17) is 4.74 Å². The number of hydrogen-bond donors (Lipinski definition) is 1. The first kappa shape index (κ1) is 21.4. The summed E-state index contributed by atoms with van der Waals surface area (Å²) in [5.41, 5.74) is 5.49. The summed E-state index contributed by atoms with van der Waals surface area (Å²) >= 11 is 0. The average molecular weight is 427 g/mol. The van der Waals surface area contributed by atoms with Crippen molar-refractivity contribution >= 4 is 23.1 Å². The number of carbonyl (C=O) groups excluding carboxylic acids is 2. The van der Waals surface area contributed by atoms with Crippen LogP contribution in [0.1, 0.15) is 22.3 Å². The van der Waals surface area contributed by atoms with Crippen molar-refractivity contribution in [1.82, 2.24) is 4.90 Å². The van der Waals surface area contributed by atoms with E-state index in [2.05, 4.69) is 5.32 Å². The van der Waals surface area contributed by atoms with Gasteiger partial charge in [-0.25, -0.2) is 0 Å². The molecule has 4 rings (SSSR count). The molecule has 1 heterocycles. The molecule has 0 unspecified atom stereocenters. The molecule has 5 heteroatoms. The molecule has 5 nitrogen and oxygen atoms in total. The summed E-state index contributed by atoms with van der Waals surface area (Å²) in [4.78, 5) is 28.1. The number of nitrogens with zero attached hydrogens (tertiary/aromatic N) is 1. The minimum absolute atomic E-state index is 0.289. The zero-order chi connectivity index (χ0) is 22.7. The van der Waals surface area contributed by atoms with Gasteiger partial charge in [-0.3, -0.25) is 14.5 Å². The third-order valence-electron chi connectivity index (χ3n) is 5.79. The van der Waals surface area contributed by atoms with Crippen LogP contribution in [0.2, 0.25) is 0 Å². The van der Waals surface area contributed by atoms with Crippen molar-refractivity contribution in [3.05, 3.63) is 101 Å². The standard InChI is InChI=1S/C27H26N2O3/c1-18-9-12-22(17-19(18)2)28-25-24(21-10-13-23(32-3)14-11-21)26(30)29(27(25)31)16-15-20-7-5-4-6-8-20/h4-14,17,28H,15-16H2,1-3H3. The summed E-state index contributed by atoms with van der Waals surface area (Å²) in [6.07, 6.45) is 0.602. The van der Waals surface area contributed by atoms with E-state index in [0.29, 0.717) is 35.5 Å². The molecule has 0 bridgehead atoms. The van der Waals surface area contributed by atoms with E-state index in [1.165, 1.54) is 10.5 Å². The third-order valence-corrected chi connectivity index (χ3v) is 5.79. The molecule has 162 valence electrons. The topological polar surface area (TPSA) is 58.6 Å². The fourth-order valence-corrected chi connectivity index (χ4v) is 3.77. The number of imide groups is 1. The van der Waals surface area contributed by atoms with E-state index in [1.807, 2.05) is 74.5 Å². The van der Waals surface area contributed by atoms with Crippen LogP contribution in [0, 0.1) is 13.8 Å². The van der Waals surface area contributed by atoms with Crippen molar-refractivity contribution in [3.8, 4) is 5.75 Å². The van der Waals surface area contributed by atoms with Crippen molar-refractivity contribution in [2.75, 3.05) is 19.0 Å². The highest BCUT2D eigenvalue weighted by Gasteiger charge is 2.39. The average Bonchev–Trinajstić information content (AvgIpc) is 3.04. The van der Waals surface area contributed by atoms with Crippen molar-refractivity contribution in [2.45, 2.75) is 20.3 Å². The molecular formula is C27H26N2O3. The normalized spacial score (nSPS) is 13.7. The second kappa shape index (κ2) is 9.10. The van der Waals surface area contributed by atoms with Crippen molar-refractivity contribution in [3.63, 3.8) is 0 Å². The Hall–Kier alpha value is -3.86. The van der Waals surface area contributed by atoms with Gasteiger partial charge in [-0.1, -0.05) is 48.5 Å².